The van der Waals surface area contributed by atoms with Gasteiger partial charge in [0.25, 0.3) is 0 Å². The van der Waals surface area contributed by atoms with Gasteiger partial charge < -0.3 is 5.11 Å². The van der Waals surface area contributed by atoms with E-state index in [1.54, 1.807) is 0 Å². The summed E-state index contributed by atoms with van der Waals surface area (Å²) in [6.45, 7) is 2.25. The van der Waals surface area contributed by atoms with Gasteiger partial charge in [-0.2, -0.15) is 0 Å². The van der Waals surface area contributed by atoms with E-state index in [2.05, 4.69) is 43.4 Å². The highest BCUT2D eigenvalue weighted by Crippen LogP contribution is 2.14. The zero-order valence-corrected chi connectivity index (χ0v) is 21.4. The molecular formula is C30H54O2. The number of carboxylic acid groups (broad SMARTS) is 1. The smallest absolute Gasteiger partial charge is 0.303 e. The summed E-state index contributed by atoms with van der Waals surface area (Å²) in [4.78, 5) is 10.4. The first-order valence-corrected chi connectivity index (χ1v) is 13.9. The van der Waals surface area contributed by atoms with Crippen LogP contribution in [0.3, 0.4) is 0 Å². The molecule has 0 bridgehead atoms. The van der Waals surface area contributed by atoms with Crippen molar-refractivity contribution in [3.63, 3.8) is 0 Å². The molecule has 0 radical (unpaired) electrons. The highest BCUT2D eigenvalue weighted by Gasteiger charge is 1.97. The number of rotatable bonds is 25. The molecule has 0 aromatic heterocycles. The third kappa shape index (κ3) is 28.7. The Morgan fingerprint density at radius 2 is 0.844 bits per heavy atom. The third-order valence-electron chi connectivity index (χ3n) is 6.03. The Balaban J connectivity index is 3.18. The first-order valence-electron chi connectivity index (χ1n) is 13.9. The van der Waals surface area contributed by atoms with Crippen LogP contribution in [0.4, 0.5) is 0 Å². The molecule has 2 nitrogen and oxygen atoms in total. The lowest BCUT2D eigenvalue weighted by atomic mass is 10.0. The summed E-state index contributed by atoms with van der Waals surface area (Å²) in [5.74, 6) is -0.655. The maximum absolute atomic E-state index is 10.4. The summed E-state index contributed by atoms with van der Waals surface area (Å²) in [5, 5.41) is 8.60. The topological polar surface area (TPSA) is 37.3 Å². The van der Waals surface area contributed by atoms with Gasteiger partial charge in [-0.05, 0) is 44.9 Å². The van der Waals surface area contributed by atoms with E-state index in [1.807, 2.05) is 0 Å². The highest BCUT2D eigenvalue weighted by molar-refractivity contribution is 5.66. The minimum atomic E-state index is -0.655. The van der Waals surface area contributed by atoms with E-state index in [1.165, 1.54) is 109 Å². The Bertz CT molecular complexity index is 461. The van der Waals surface area contributed by atoms with Crippen LogP contribution in [0.5, 0.6) is 0 Å². The monoisotopic (exact) mass is 446 g/mol. The van der Waals surface area contributed by atoms with Crippen LogP contribution < -0.4 is 0 Å². The third-order valence-corrected chi connectivity index (χ3v) is 6.03. The van der Waals surface area contributed by atoms with Gasteiger partial charge in [-0.25, -0.2) is 0 Å². The van der Waals surface area contributed by atoms with Gasteiger partial charge in [-0.15, -0.1) is 0 Å². The van der Waals surface area contributed by atoms with Crippen molar-refractivity contribution < 1.29 is 9.90 Å². The summed E-state index contributed by atoms with van der Waals surface area (Å²) in [6.07, 6.45) is 41.0. The molecule has 2 heteroatoms. The minimum absolute atomic E-state index is 0.339. The zero-order valence-electron chi connectivity index (χ0n) is 21.4. The molecule has 0 aliphatic carbocycles. The number of unbranched alkanes of at least 4 members (excludes halogenated alkanes) is 17. The molecule has 0 rings (SSSR count). The summed E-state index contributed by atoms with van der Waals surface area (Å²) in [5.41, 5.74) is 0. The second kappa shape index (κ2) is 27.7. The SMILES string of the molecule is CCCCCC=CCC=CCC=CCCCCCCCCCCCCCCCCC(=O)O. The number of hydrogen-bond donors (Lipinski definition) is 1. The van der Waals surface area contributed by atoms with Gasteiger partial charge in [0.05, 0.1) is 0 Å². The molecule has 32 heavy (non-hydrogen) atoms. The predicted octanol–water partition coefficient (Wildman–Crippen LogP) is 10.3. The number of hydrogen-bond acceptors (Lipinski definition) is 1. The molecule has 0 amide bonds. The molecule has 0 aromatic carbocycles. The average molecular weight is 447 g/mol. The Hall–Kier alpha value is -1.31. The fourth-order valence-corrected chi connectivity index (χ4v) is 3.95. The summed E-state index contributed by atoms with van der Waals surface area (Å²) >= 11 is 0. The molecule has 0 heterocycles. The van der Waals surface area contributed by atoms with Crippen LogP contribution in [0.2, 0.25) is 0 Å². The lowest BCUT2D eigenvalue weighted by molar-refractivity contribution is -0.137. The van der Waals surface area contributed by atoms with Crippen LogP contribution in [0.25, 0.3) is 0 Å². The standard InChI is InChI=1S/C30H54O2/c1-2-3-4-5-6-7-8-9-10-11-12-13-14-15-16-17-18-19-20-21-22-23-24-25-26-27-28-29-30(31)32/h6-7,9-10,12-13H,2-5,8,11,14-29H2,1H3,(H,31,32). The second-order valence-electron chi connectivity index (χ2n) is 9.26. The Kier molecular flexibility index (Phi) is 26.6. The maximum Gasteiger partial charge on any atom is 0.303 e. The molecule has 186 valence electrons. The van der Waals surface area contributed by atoms with Gasteiger partial charge in [0.2, 0.25) is 0 Å². The van der Waals surface area contributed by atoms with Crippen LogP contribution in [0, 0.1) is 0 Å². The molecule has 0 saturated heterocycles. The van der Waals surface area contributed by atoms with Crippen molar-refractivity contribution in [2.24, 2.45) is 0 Å². The number of aliphatic carboxylic acids is 1. The van der Waals surface area contributed by atoms with Crippen molar-refractivity contribution in [1.82, 2.24) is 0 Å². The molecule has 0 fully saturated rings. The molecular weight excluding hydrogens is 392 g/mol. The quantitative estimate of drug-likeness (QED) is 0.112. The van der Waals surface area contributed by atoms with Crippen LogP contribution in [-0.2, 0) is 4.79 Å². The Labute approximate surface area is 200 Å². The fourth-order valence-electron chi connectivity index (χ4n) is 3.95. The first-order chi connectivity index (χ1) is 15.8. The van der Waals surface area contributed by atoms with Crippen molar-refractivity contribution in [2.45, 2.75) is 148 Å². The van der Waals surface area contributed by atoms with Crippen LogP contribution >= 0.6 is 0 Å². The van der Waals surface area contributed by atoms with Crippen molar-refractivity contribution >= 4 is 5.97 Å². The van der Waals surface area contributed by atoms with E-state index >= 15 is 0 Å². The van der Waals surface area contributed by atoms with E-state index in [-0.39, 0.29) is 0 Å². The van der Waals surface area contributed by atoms with E-state index < -0.39 is 5.97 Å². The van der Waals surface area contributed by atoms with Crippen LogP contribution in [0.15, 0.2) is 36.5 Å². The lowest BCUT2D eigenvalue weighted by Crippen LogP contribution is -1.93. The van der Waals surface area contributed by atoms with Crippen LogP contribution in [-0.4, -0.2) is 11.1 Å². The number of allylic oxidation sites excluding steroid dienone is 6. The largest absolute Gasteiger partial charge is 0.481 e. The molecule has 0 atom stereocenters. The average Bonchev–Trinajstić information content (AvgIpc) is 2.78. The van der Waals surface area contributed by atoms with Gasteiger partial charge >= 0.3 is 5.97 Å². The number of carbonyl (C=O) groups is 1. The van der Waals surface area contributed by atoms with Gasteiger partial charge in [0.15, 0.2) is 0 Å². The van der Waals surface area contributed by atoms with Crippen molar-refractivity contribution in [3.05, 3.63) is 36.5 Å². The normalized spacial score (nSPS) is 12.0. The Morgan fingerprint density at radius 1 is 0.500 bits per heavy atom. The highest BCUT2D eigenvalue weighted by atomic mass is 16.4. The second-order valence-corrected chi connectivity index (χ2v) is 9.26. The first kappa shape index (κ1) is 30.7. The molecule has 0 saturated carbocycles. The summed E-state index contributed by atoms with van der Waals surface area (Å²) < 4.78 is 0. The summed E-state index contributed by atoms with van der Waals surface area (Å²) in [6, 6.07) is 0. The number of carboxylic acids is 1. The summed E-state index contributed by atoms with van der Waals surface area (Å²) in [7, 11) is 0. The molecule has 0 aliphatic rings. The molecule has 0 unspecified atom stereocenters. The van der Waals surface area contributed by atoms with Gasteiger partial charge in [0, 0.05) is 6.42 Å². The van der Waals surface area contributed by atoms with Gasteiger partial charge in [0.1, 0.15) is 0 Å². The maximum atomic E-state index is 10.4. The van der Waals surface area contributed by atoms with E-state index in [9.17, 15) is 4.79 Å². The minimum Gasteiger partial charge on any atom is -0.481 e. The fraction of sp³-hybridized carbons (Fsp3) is 0.767. The van der Waals surface area contributed by atoms with E-state index in [4.69, 9.17) is 5.11 Å². The zero-order chi connectivity index (χ0) is 23.4. The van der Waals surface area contributed by atoms with Gasteiger partial charge in [-0.3, -0.25) is 4.79 Å². The Morgan fingerprint density at radius 3 is 1.25 bits per heavy atom. The molecule has 0 aliphatic heterocycles. The van der Waals surface area contributed by atoms with E-state index in [0.29, 0.717) is 6.42 Å². The van der Waals surface area contributed by atoms with E-state index in [0.717, 1.165) is 25.7 Å². The molecule has 1 N–H and O–H groups in total. The van der Waals surface area contributed by atoms with Gasteiger partial charge in [-0.1, -0.05) is 133 Å². The van der Waals surface area contributed by atoms with Crippen molar-refractivity contribution in [3.8, 4) is 0 Å². The van der Waals surface area contributed by atoms with Crippen molar-refractivity contribution in [2.75, 3.05) is 0 Å². The predicted molar refractivity (Wildman–Crippen MR) is 142 cm³/mol. The molecule has 0 spiro atoms. The molecule has 0 aromatic rings. The lowest BCUT2D eigenvalue weighted by Gasteiger charge is -2.03. The van der Waals surface area contributed by atoms with Crippen molar-refractivity contribution in [1.29, 1.82) is 0 Å². The van der Waals surface area contributed by atoms with Crippen LogP contribution in [0.1, 0.15) is 148 Å².